The maximum Gasteiger partial charge on any atom is 0.163 e. The third-order valence-electron chi connectivity index (χ3n) is 3.59. The van der Waals surface area contributed by atoms with Gasteiger partial charge in [0.25, 0.3) is 0 Å². The Morgan fingerprint density at radius 2 is 2.05 bits per heavy atom. The van der Waals surface area contributed by atoms with E-state index in [-0.39, 0.29) is 18.0 Å². The molecule has 0 bridgehead atoms. The van der Waals surface area contributed by atoms with Crippen LogP contribution in [-0.4, -0.2) is 25.1 Å². The molecule has 2 atom stereocenters. The molecular formula is C15H21NO3. The number of ether oxygens (including phenoxy) is 2. The Morgan fingerprint density at radius 1 is 1.32 bits per heavy atom. The second-order valence-corrected chi connectivity index (χ2v) is 5.08. The van der Waals surface area contributed by atoms with Crippen LogP contribution in [0, 0.1) is 0 Å². The van der Waals surface area contributed by atoms with Crippen LogP contribution in [0.15, 0.2) is 18.2 Å². The van der Waals surface area contributed by atoms with E-state index in [4.69, 9.17) is 15.2 Å². The van der Waals surface area contributed by atoms with E-state index in [2.05, 4.69) is 0 Å². The van der Waals surface area contributed by atoms with Crippen molar-refractivity contribution >= 4 is 11.5 Å². The number of methoxy groups -OCH3 is 1. The molecule has 1 fully saturated rings. The standard InChI is InChI=1S/C15H21NO3/c1-10(17)14-8-11(16)6-7-15(14)19-13-5-3-4-12(9-13)18-2/h6-8,12-13H,3-5,9,16H2,1-2H3. The predicted octanol–water partition coefficient (Wildman–Crippen LogP) is 2.81. The summed E-state index contributed by atoms with van der Waals surface area (Å²) in [6.07, 6.45) is 4.42. The summed E-state index contributed by atoms with van der Waals surface area (Å²) in [4.78, 5) is 11.6. The van der Waals surface area contributed by atoms with Gasteiger partial charge in [-0.25, -0.2) is 0 Å². The molecule has 104 valence electrons. The van der Waals surface area contributed by atoms with Gasteiger partial charge in [-0.1, -0.05) is 0 Å². The van der Waals surface area contributed by atoms with Crippen LogP contribution >= 0.6 is 0 Å². The van der Waals surface area contributed by atoms with Gasteiger partial charge in [-0.2, -0.15) is 0 Å². The Kier molecular flexibility index (Phi) is 4.43. The van der Waals surface area contributed by atoms with Crippen molar-refractivity contribution in [3.63, 3.8) is 0 Å². The number of carbonyl (C=O) groups excluding carboxylic acids is 1. The number of hydrogen-bond acceptors (Lipinski definition) is 4. The molecule has 1 saturated carbocycles. The number of benzene rings is 1. The number of rotatable bonds is 4. The first-order chi connectivity index (χ1) is 9.10. The average molecular weight is 263 g/mol. The Balaban J connectivity index is 2.12. The summed E-state index contributed by atoms with van der Waals surface area (Å²) in [7, 11) is 1.73. The molecule has 2 N–H and O–H groups in total. The molecule has 2 unspecified atom stereocenters. The summed E-state index contributed by atoms with van der Waals surface area (Å²) >= 11 is 0. The molecule has 0 heterocycles. The first kappa shape index (κ1) is 13.9. The van der Waals surface area contributed by atoms with Crippen LogP contribution in [0.5, 0.6) is 5.75 Å². The highest BCUT2D eigenvalue weighted by atomic mass is 16.5. The van der Waals surface area contributed by atoms with Gasteiger partial charge < -0.3 is 15.2 Å². The van der Waals surface area contributed by atoms with E-state index in [9.17, 15) is 4.79 Å². The monoisotopic (exact) mass is 263 g/mol. The van der Waals surface area contributed by atoms with Gasteiger partial charge in [0.1, 0.15) is 11.9 Å². The van der Waals surface area contributed by atoms with Gasteiger partial charge in [-0.15, -0.1) is 0 Å². The summed E-state index contributed by atoms with van der Waals surface area (Å²) in [5.74, 6) is 0.602. The summed E-state index contributed by atoms with van der Waals surface area (Å²) in [6, 6.07) is 5.22. The third kappa shape index (κ3) is 3.47. The Hall–Kier alpha value is -1.55. The first-order valence-electron chi connectivity index (χ1n) is 6.70. The van der Waals surface area contributed by atoms with Crippen molar-refractivity contribution in [2.45, 2.75) is 44.8 Å². The fourth-order valence-electron chi connectivity index (χ4n) is 2.53. The fourth-order valence-corrected chi connectivity index (χ4v) is 2.53. The molecule has 2 rings (SSSR count). The average Bonchev–Trinajstić information content (AvgIpc) is 2.41. The number of nitrogen functional groups attached to an aromatic ring is 1. The second-order valence-electron chi connectivity index (χ2n) is 5.08. The van der Waals surface area contributed by atoms with Gasteiger partial charge in [-0.05, 0) is 44.4 Å². The summed E-state index contributed by atoms with van der Waals surface area (Å²) < 4.78 is 11.4. The van der Waals surface area contributed by atoms with Gasteiger partial charge in [0.05, 0.1) is 11.7 Å². The molecule has 1 aromatic rings. The lowest BCUT2D eigenvalue weighted by Gasteiger charge is -2.29. The Bertz CT molecular complexity index is 459. The quantitative estimate of drug-likeness (QED) is 0.670. The maximum atomic E-state index is 11.6. The van der Waals surface area contributed by atoms with Gasteiger partial charge in [0.2, 0.25) is 0 Å². The highest BCUT2D eigenvalue weighted by Gasteiger charge is 2.24. The second kappa shape index (κ2) is 6.06. The SMILES string of the molecule is COC1CCCC(Oc2ccc(N)cc2C(C)=O)C1. The molecule has 0 spiro atoms. The number of nitrogens with two attached hydrogens (primary N) is 1. The Morgan fingerprint density at radius 3 is 2.74 bits per heavy atom. The van der Waals surface area contributed by atoms with Crippen molar-refractivity contribution in [1.82, 2.24) is 0 Å². The maximum absolute atomic E-state index is 11.6. The Labute approximate surface area is 113 Å². The number of Topliss-reactive ketones (excluding diaryl/α,β-unsaturated/α-hetero) is 1. The third-order valence-corrected chi connectivity index (χ3v) is 3.59. The van der Waals surface area contributed by atoms with E-state index in [1.165, 1.54) is 6.92 Å². The number of carbonyl (C=O) groups is 1. The lowest BCUT2D eigenvalue weighted by molar-refractivity contribution is 0.0207. The topological polar surface area (TPSA) is 61.6 Å². The first-order valence-corrected chi connectivity index (χ1v) is 6.70. The molecule has 0 amide bonds. The summed E-state index contributed by atoms with van der Waals surface area (Å²) in [5, 5.41) is 0. The lowest BCUT2D eigenvalue weighted by Crippen LogP contribution is -2.29. The van der Waals surface area contributed by atoms with Gasteiger partial charge in [0.15, 0.2) is 5.78 Å². The van der Waals surface area contributed by atoms with Crippen LogP contribution in [0.25, 0.3) is 0 Å². The van der Waals surface area contributed by atoms with Gasteiger partial charge in [0, 0.05) is 19.2 Å². The molecule has 0 saturated heterocycles. The highest BCUT2D eigenvalue weighted by Crippen LogP contribution is 2.28. The van der Waals surface area contributed by atoms with Crippen molar-refractivity contribution in [1.29, 1.82) is 0 Å². The van der Waals surface area contributed by atoms with Crippen LogP contribution in [0.1, 0.15) is 43.0 Å². The van der Waals surface area contributed by atoms with Gasteiger partial charge >= 0.3 is 0 Å². The summed E-state index contributed by atoms with van der Waals surface area (Å²) in [5.41, 5.74) is 6.85. The molecule has 19 heavy (non-hydrogen) atoms. The minimum atomic E-state index is -0.0265. The van der Waals surface area contributed by atoms with Crippen molar-refractivity contribution in [2.24, 2.45) is 0 Å². The number of hydrogen-bond donors (Lipinski definition) is 1. The highest BCUT2D eigenvalue weighted by molar-refractivity contribution is 5.97. The molecule has 0 radical (unpaired) electrons. The molecular weight excluding hydrogens is 242 g/mol. The van der Waals surface area contributed by atoms with E-state index in [1.807, 2.05) is 0 Å². The van der Waals surface area contributed by atoms with Crippen molar-refractivity contribution in [3.05, 3.63) is 23.8 Å². The van der Waals surface area contributed by atoms with Crippen LogP contribution < -0.4 is 10.5 Å². The molecule has 1 aliphatic carbocycles. The van der Waals surface area contributed by atoms with Crippen LogP contribution in [0.2, 0.25) is 0 Å². The van der Waals surface area contributed by atoms with Crippen molar-refractivity contribution in [2.75, 3.05) is 12.8 Å². The minimum Gasteiger partial charge on any atom is -0.490 e. The van der Waals surface area contributed by atoms with E-state index < -0.39 is 0 Å². The van der Waals surface area contributed by atoms with E-state index in [0.29, 0.717) is 17.0 Å². The number of anilines is 1. The zero-order valence-corrected chi connectivity index (χ0v) is 11.5. The van der Waals surface area contributed by atoms with E-state index in [0.717, 1.165) is 25.7 Å². The van der Waals surface area contributed by atoms with E-state index >= 15 is 0 Å². The van der Waals surface area contributed by atoms with Crippen molar-refractivity contribution < 1.29 is 14.3 Å². The van der Waals surface area contributed by atoms with Crippen LogP contribution in [-0.2, 0) is 4.74 Å². The normalized spacial score (nSPS) is 23.1. The lowest BCUT2D eigenvalue weighted by atomic mass is 9.94. The molecule has 4 heteroatoms. The summed E-state index contributed by atoms with van der Waals surface area (Å²) in [6.45, 7) is 1.53. The smallest absolute Gasteiger partial charge is 0.163 e. The molecule has 1 aliphatic rings. The zero-order chi connectivity index (χ0) is 13.8. The molecule has 4 nitrogen and oxygen atoms in total. The largest absolute Gasteiger partial charge is 0.490 e. The van der Waals surface area contributed by atoms with Gasteiger partial charge in [-0.3, -0.25) is 4.79 Å². The fraction of sp³-hybridized carbons (Fsp3) is 0.533. The molecule has 0 aromatic heterocycles. The van der Waals surface area contributed by atoms with Crippen LogP contribution in [0.4, 0.5) is 5.69 Å². The minimum absolute atomic E-state index is 0.0265. The molecule has 1 aromatic carbocycles. The van der Waals surface area contributed by atoms with E-state index in [1.54, 1.807) is 25.3 Å². The predicted molar refractivity (Wildman–Crippen MR) is 74.5 cm³/mol. The van der Waals surface area contributed by atoms with Crippen molar-refractivity contribution in [3.8, 4) is 5.75 Å². The van der Waals surface area contributed by atoms with Crippen LogP contribution in [0.3, 0.4) is 0 Å². The number of ketones is 1. The zero-order valence-electron chi connectivity index (χ0n) is 11.5. The molecule has 0 aliphatic heterocycles.